The van der Waals surface area contributed by atoms with E-state index in [0.717, 1.165) is 16.4 Å². The van der Waals surface area contributed by atoms with Crippen LogP contribution < -0.4 is 4.90 Å². The highest BCUT2D eigenvalue weighted by Gasteiger charge is 2.35. The van der Waals surface area contributed by atoms with E-state index in [4.69, 9.17) is 0 Å². The van der Waals surface area contributed by atoms with Gasteiger partial charge in [-0.15, -0.1) is 0 Å². The molecule has 0 N–H and O–H groups in total. The van der Waals surface area contributed by atoms with Crippen molar-refractivity contribution in [3.05, 3.63) is 77.9 Å². The van der Waals surface area contributed by atoms with E-state index >= 15 is 0 Å². The number of halogens is 3. The molecule has 0 aromatic heterocycles. The Bertz CT molecular complexity index is 1320. The van der Waals surface area contributed by atoms with Crippen LogP contribution in [0.15, 0.2) is 81.4 Å². The quantitative estimate of drug-likeness (QED) is 0.506. The number of hydrogen-bond donors (Lipinski definition) is 0. The number of fused-ring (bicyclic) bond motifs is 2. The van der Waals surface area contributed by atoms with E-state index in [1.807, 2.05) is 0 Å². The van der Waals surface area contributed by atoms with Gasteiger partial charge in [0.25, 0.3) is 5.91 Å². The molecular weight excluding hydrogens is 461 g/mol. The van der Waals surface area contributed by atoms with Gasteiger partial charge in [-0.25, -0.2) is 12.7 Å². The standard InChI is InChI=1S/C22H17F3N2O3S2/c1-26(2)32(29,30)16-7-5-6-14(12-16)21(28)27-17-8-3-4-9-19(17)31-20-11-10-15(13-18(20)27)22(23,24)25/h3-13H,1-2H3. The Labute approximate surface area is 187 Å². The summed E-state index contributed by atoms with van der Waals surface area (Å²) in [6.07, 6.45) is -4.58. The van der Waals surface area contributed by atoms with E-state index in [0.29, 0.717) is 15.5 Å². The molecule has 4 rings (SSSR count). The highest BCUT2D eigenvalue weighted by Crippen LogP contribution is 2.50. The summed E-state index contributed by atoms with van der Waals surface area (Å²) in [6, 6.07) is 15.6. The summed E-state index contributed by atoms with van der Waals surface area (Å²) in [4.78, 5) is 15.9. The summed E-state index contributed by atoms with van der Waals surface area (Å²) in [6.45, 7) is 0. The summed E-state index contributed by atoms with van der Waals surface area (Å²) in [5, 5.41) is 0. The van der Waals surface area contributed by atoms with Crippen LogP contribution in [0.3, 0.4) is 0 Å². The van der Waals surface area contributed by atoms with Gasteiger partial charge in [-0.2, -0.15) is 13.2 Å². The van der Waals surface area contributed by atoms with Crippen LogP contribution in [-0.2, 0) is 16.2 Å². The van der Waals surface area contributed by atoms with Crippen LogP contribution in [0.25, 0.3) is 0 Å². The van der Waals surface area contributed by atoms with E-state index in [-0.39, 0.29) is 16.1 Å². The lowest BCUT2D eigenvalue weighted by atomic mass is 10.1. The van der Waals surface area contributed by atoms with Crippen LogP contribution in [0.5, 0.6) is 0 Å². The third kappa shape index (κ3) is 3.89. The Morgan fingerprint density at radius 3 is 2.28 bits per heavy atom. The first-order valence-corrected chi connectivity index (χ1v) is 11.6. The number of hydrogen-bond acceptors (Lipinski definition) is 4. The van der Waals surface area contributed by atoms with Gasteiger partial charge in [0.2, 0.25) is 10.0 Å². The highest BCUT2D eigenvalue weighted by atomic mass is 32.2. The topological polar surface area (TPSA) is 57.7 Å². The van der Waals surface area contributed by atoms with Gasteiger partial charge in [-0.05, 0) is 48.5 Å². The van der Waals surface area contributed by atoms with Crippen molar-refractivity contribution in [1.29, 1.82) is 0 Å². The first-order valence-electron chi connectivity index (χ1n) is 9.35. The molecule has 166 valence electrons. The van der Waals surface area contributed by atoms with Crippen molar-refractivity contribution < 1.29 is 26.4 Å². The van der Waals surface area contributed by atoms with Crippen molar-refractivity contribution in [2.75, 3.05) is 19.0 Å². The lowest BCUT2D eigenvalue weighted by molar-refractivity contribution is -0.137. The molecule has 1 amide bonds. The molecule has 10 heteroatoms. The van der Waals surface area contributed by atoms with Crippen LogP contribution in [0.1, 0.15) is 15.9 Å². The molecule has 0 aliphatic carbocycles. The average Bonchev–Trinajstić information content (AvgIpc) is 2.76. The van der Waals surface area contributed by atoms with Crippen molar-refractivity contribution >= 4 is 39.1 Å². The first kappa shape index (κ1) is 22.4. The molecule has 0 atom stereocenters. The monoisotopic (exact) mass is 478 g/mol. The van der Waals surface area contributed by atoms with Gasteiger partial charge in [-0.3, -0.25) is 9.69 Å². The maximum absolute atomic E-state index is 13.6. The summed E-state index contributed by atoms with van der Waals surface area (Å²) in [5.74, 6) is -0.630. The van der Waals surface area contributed by atoms with Gasteiger partial charge in [0.05, 0.1) is 21.8 Å². The maximum Gasteiger partial charge on any atom is 0.416 e. The molecule has 3 aromatic rings. The fourth-order valence-electron chi connectivity index (χ4n) is 3.28. The smallest absolute Gasteiger partial charge is 0.275 e. The van der Waals surface area contributed by atoms with Crippen LogP contribution in [0.4, 0.5) is 24.5 Å². The summed E-state index contributed by atoms with van der Waals surface area (Å²) < 4.78 is 66.2. The van der Waals surface area contributed by atoms with Crippen molar-refractivity contribution in [2.24, 2.45) is 0 Å². The molecule has 32 heavy (non-hydrogen) atoms. The molecule has 5 nitrogen and oxygen atoms in total. The molecule has 1 heterocycles. The number of anilines is 2. The molecule has 0 saturated carbocycles. The molecular formula is C22H17F3N2O3S2. The third-order valence-corrected chi connectivity index (χ3v) is 7.86. The predicted molar refractivity (Wildman–Crippen MR) is 116 cm³/mol. The Morgan fingerprint density at radius 2 is 1.59 bits per heavy atom. The van der Waals surface area contributed by atoms with Crippen LogP contribution in [-0.4, -0.2) is 32.7 Å². The van der Waals surface area contributed by atoms with Crippen LogP contribution in [0.2, 0.25) is 0 Å². The Kier molecular flexibility index (Phi) is 5.56. The zero-order chi connectivity index (χ0) is 23.3. The summed E-state index contributed by atoms with van der Waals surface area (Å²) in [5.41, 5.74) is -0.319. The third-order valence-electron chi connectivity index (χ3n) is 4.92. The fourth-order valence-corrected chi connectivity index (χ4v) is 5.27. The Balaban J connectivity index is 1.88. The first-order chi connectivity index (χ1) is 15.0. The lowest BCUT2D eigenvalue weighted by Crippen LogP contribution is -2.29. The minimum atomic E-state index is -4.58. The van der Waals surface area contributed by atoms with Crippen LogP contribution in [0, 0.1) is 0 Å². The molecule has 0 saturated heterocycles. The largest absolute Gasteiger partial charge is 0.416 e. The maximum atomic E-state index is 13.6. The van der Waals surface area contributed by atoms with E-state index in [2.05, 4.69) is 0 Å². The lowest BCUT2D eigenvalue weighted by Gasteiger charge is -2.31. The van der Waals surface area contributed by atoms with Gasteiger partial charge in [0.1, 0.15) is 0 Å². The van der Waals surface area contributed by atoms with Crippen molar-refractivity contribution in [2.45, 2.75) is 20.9 Å². The van der Waals surface area contributed by atoms with Gasteiger partial charge in [0.15, 0.2) is 0 Å². The minimum absolute atomic E-state index is 0.0398. The molecule has 0 unspecified atom stereocenters. The second-order valence-corrected chi connectivity index (χ2v) is 10.4. The SMILES string of the molecule is CN(C)S(=O)(=O)c1cccc(C(=O)N2c3ccccc3Sc3ccc(C(F)(F)F)cc32)c1. The molecule has 0 bridgehead atoms. The number of rotatable bonds is 3. The second kappa shape index (κ2) is 7.95. The fraction of sp³-hybridized carbons (Fsp3) is 0.136. The molecule has 3 aromatic carbocycles. The van der Waals surface area contributed by atoms with Gasteiger partial charge in [0, 0.05) is 29.4 Å². The van der Waals surface area contributed by atoms with E-state index in [1.54, 1.807) is 24.3 Å². The van der Waals surface area contributed by atoms with Gasteiger partial charge in [-0.1, -0.05) is 30.0 Å². The van der Waals surface area contributed by atoms with Crippen molar-refractivity contribution in [3.63, 3.8) is 0 Å². The molecule has 0 radical (unpaired) electrons. The molecule has 0 spiro atoms. The Hall–Kier alpha value is -2.82. The number of alkyl halides is 3. The highest BCUT2D eigenvalue weighted by molar-refractivity contribution is 7.99. The van der Waals surface area contributed by atoms with Gasteiger partial charge >= 0.3 is 6.18 Å². The second-order valence-electron chi connectivity index (χ2n) is 7.21. The predicted octanol–water partition coefficient (Wildman–Crippen LogP) is 5.40. The minimum Gasteiger partial charge on any atom is -0.275 e. The number of benzene rings is 3. The molecule has 1 aliphatic heterocycles. The number of para-hydroxylation sites is 1. The van der Waals surface area contributed by atoms with E-state index < -0.39 is 27.7 Å². The van der Waals surface area contributed by atoms with Crippen molar-refractivity contribution in [1.82, 2.24) is 4.31 Å². The van der Waals surface area contributed by atoms with Crippen molar-refractivity contribution in [3.8, 4) is 0 Å². The van der Waals surface area contributed by atoms with E-state index in [1.165, 1.54) is 61.1 Å². The zero-order valence-electron chi connectivity index (χ0n) is 16.9. The number of amides is 1. The Morgan fingerprint density at radius 1 is 0.906 bits per heavy atom. The van der Waals surface area contributed by atoms with E-state index in [9.17, 15) is 26.4 Å². The average molecular weight is 479 g/mol. The number of carbonyl (C=O) groups is 1. The summed E-state index contributed by atoms with van der Waals surface area (Å²) >= 11 is 1.27. The summed E-state index contributed by atoms with van der Waals surface area (Å²) in [7, 11) is -1.06. The molecule has 0 fully saturated rings. The number of carbonyl (C=O) groups excluding carboxylic acids is 1. The van der Waals surface area contributed by atoms with Gasteiger partial charge < -0.3 is 0 Å². The number of sulfonamides is 1. The number of nitrogens with zero attached hydrogens (tertiary/aromatic N) is 2. The zero-order valence-corrected chi connectivity index (χ0v) is 18.6. The molecule has 1 aliphatic rings. The normalized spacial score (nSPS) is 13.6. The van der Waals surface area contributed by atoms with Crippen LogP contribution >= 0.6 is 11.8 Å².